The molecule has 21 heavy (non-hydrogen) atoms. The second-order valence-corrected chi connectivity index (χ2v) is 5.41. The Bertz CT molecular complexity index is 717. The van der Waals surface area contributed by atoms with Gasteiger partial charge in [-0.1, -0.05) is 0 Å². The summed E-state index contributed by atoms with van der Waals surface area (Å²) < 4.78 is 2.78. The van der Waals surface area contributed by atoms with Crippen molar-refractivity contribution in [1.82, 2.24) is 19.7 Å². The Balaban J connectivity index is 1.69. The molecule has 0 unspecified atom stereocenters. The van der Waals surface area contributed by atoms with E-state index in [2.05, 4.69) is 31.3 Å². The fourth-order valence-electron chi connectivity index (χ4n) is 2.11. The molecule has 0 atom stereocenters. The van der Waals surface area contributed by atoms with Gasteiger partial charge in [-0.25, -0.2) is 9.78 Å². The predicted molar refractivity (Wildman–Crippen MR) is 78.3 cm³/mol. The molecular weight excluding hydrogens is 336 g/mol. The molecule has 3 rings (SSSR count). The van der Waals surface area contributed by atoms with E-state index in [1.165, 1.54) is 6.20 Å². The van der Waals surface area contributed by atoms with E-state index in [9.17, 15) is 4.79 Å². The number of pyridine rings is 1. The van der Waals surface area contributed by atoms with E-state index in [4.69, 9.17) is 5.26 Å². The standard InChI is InChI=1S/C13H11BrN6O/c14-10-7-17-20-4-3-19(8-11(10)20)13(21)18-12-2-1-9(5-15)6-16-12/h1-2,6-7H,3-4,8H2,(H,16,18,21). The third-order valence-corrected chi connectivity index (χ3v) is 3.90. The molecule has 3 heterocycles. The van der Waals surface area contributed by atoms with Crippen LogP contribution in [0.1, 0.15) is 11.3 Å². The van der Waals surface area contributed by atoms with Crippen molar-refractivity contribution >= 4 is 27.8 Å². The first kappa shape index (κ1) is 13.6. The summed E-state index contributed by atoms with van der Waals surface area (Å²) in [7, 11) is 0. The normalized spacial score (nSPS) is 13.4. The van der Waals surface area contributed by atoms with Crippen molar-refractivity contribution in [2.45, 2.75) is 13.1 Å². The van der Waals surface area contributed by atoms with Gasteiger partial charge in [0.15, 0.2) is 0 Å². The molecule has 0 saturated heterocycles. The summed E-state index contributed by atoms with van der Waals surface area (Å²) in [6.45, 7) is 1.74. The molecule has 1 aliphatic rings. The highest BCUT2D eigenvalue weighted by molar-refractivity contribution is 9.10. The van der Waals surface area contributed by atoms with Gasteiger partial charge in [-0.05, 0) is 28.1 Å². The molecule has 0 spiro atoms. The molecule has 0 fully saturated rings. The van der Waals surface area contributed by atoms with Crippen molar-refractivity contribution in [2.24, 2.45) is 0 Å². The summed E-state index contributed by atoms with van der Waals surface area (Å²) in [5.41, 5.74) is 1.43. The molecule has 0 radical (unpaired) electrons. The first-order valence-corrected chi connectivity index (χ1v) is 7.09. The van der Waals surface area contributed by atoms with Crippen molar-refractivity contribution in [1.29, 1.82) is 5.26 Å². The molecule has 1 aliphatic heterocycles. The van der Waals surface area contributed by atoms with Crippen molar-refractivity contribution in [2.75, 3.05) is 11.9 Å². The average molecular weight is 347 g/mol. The van der Waals surface area contributed by atoms with E-state index in [1.807, 2.05) is 10.8 Å². The van der Waals surface area contributed by atoms with Gasteiger partial charge in [0.1, 0.15) is 11.9 Å². The molecular formula is C13H11BrN6O. The molecule has 106 valence electrons. The first-order valence-electron chi connectivity index (χ1n) is 6.29. The number of fused-ring (bicyclic) bond motifs is 1. The minimum absolute atomic E-state index is 0.216. The Morgan fingerprint density at radius 1 is 1.38 bits per heavy atom. The number of nitrogens with zero attached hydrogens (tertiary/aromatic N) is 5. The van der Waals surface area contributed by atoms with E-state index in [1.54, 1.807) is 23.2 Å². The van der Waals surface area contributed by atoms with Crippen LogP contribution in [0.3, 0.4) is 0 Å². The monoisotopic (exact) mass is 346 g/mol. The number of urea groups is 1. The third-order valence-electron chi connectivity index (χ3n) is 3.23. The highest BCUT2D eigenvalue weighted by Crippen LogP contribution is 2.21. The highest BCUT2D eigenvalue weighted by atomic mass is 79.9. The van der Waals surface area contributed by atoms with Crippen LogP contribution in [0.2, 0.25) is 0 Å². The van der Waals surface area contributed by atoms with Crippen LogP contribution in [0, 0.1) is 11.3 Å². The van der Waals surface area contributed by atoms with E-state index >= 15 is 0 Å². The maximum Gasteiger partial charge on any atom is 0.323 e. The number of anilines is 1. The summed E-state index contributed by atoms with van der Waals surface area (Å²) in [5, 5.41) is 15.7. The third kappa shape index (κ3) is 2.73. The number of nitrogens with one attached hydrogen (secondary N) is 1. The van der Waals surface area contributed by atoms with E-state index < -0.39 is 0 Å². The molecule has 1 N–H and O–H groups in total. The van der Waals surface area contributed by atoms with Gasteiger partial charge in [0.05, 0.1) is 35.0 Å². The Kier molecular flexibility index (Phi) is 3.58. The maximum absolute atomic E-state index is 12.2. The minimum atomic E-state index is -0.216. The molecule has 0 aromatic carbocycles. The van der Waals surface area contributed by atoms with E-state index in [-0.39, 0.29) is 6.03 Å². The molecule has 0 bridgehead atoms. The minimum Gasteiger partial charge on any atom is -0.317 e. The lowest BCUT2D eigenvalue weighted by atomic mass is 10.3. The lowest BCUT2D eigenvalue weighted by Gasteiger charge is -2.27. The summed E-state index contributed by atoms with van der Waals surface area (Å²) in [4.78, 5) is 18.0. The van der Waals surface area contributed by atoms with Crippen molar-refractivity contribution in [3.8, 4) is 6.07 Å². The quantitative estimate of drug-likeness (QED) is 0.854. The smallest absolute Gasteiger partial charge is 0.317 e. The van der Waals surface area contributed by atoms with Crippen LogP contribution >= 0.6 is 15.9 Å². The number of carbonyl (C=O) groups excluding carboxylic acids is 1. The molecule has 0 aliphatic carbocycles. The predicted octanol–water partition coefficient (Wildman–Crippen LogP) is 1.96. The van der Waals surface area contributed by atoms with Crippen molar-refractivity contribution < 1.29 is 4.79 Å². The van der Waals surface area contributed by atoms with Crippen LogP contribution < -0.4 is 5.32 Å². The van der Waals surface area contributed by atoms with Gasteiger partial charge >= 0.3 is 6.03 Å². The van der Waals surface area contributed by atoms with Crippen LogP contribution in [0.15, 0.2) is 29.0 Å². The van der Waals surface area contributed by atoms with Gasteiger partial charge < -0.3 is 4.90 Å². The lowest BCUT2D eigenvalue weighted by Crippen LogP contribution is -2.41. The summed E-state index contributed by atoms with van der Waals surface area (Å²) in [5.74, 6) is 0.428. The fraction of sp³-hybridized carbons (Fsp3) is 0.231. The second kappa shape index (κ2) is 5.54. The molecule has 8 heteroatoms. The molecule has 2 aromatic heterocycles. The summed E-state index contributed by atoms with van der Waals surface area (Å²) in [6.07, 6.45) is 3.16. The molecule has 0 saturated carbocycles. The zero-order valence-electron chi connectivity index (χ0n) is 11.0. The number of amides is 2. The summed E-state index contributed by atoms with van der Waals surface area (Å²) >= 11 is 3.43. The number of aromatic nitrogens is 3. The number of hydrogen-bond acceptors (Lipinski definition) is 4. The highest BCUT2D eigenvalue weighted by Gasteiger charge is 2.23. The molecule has 2 amide bonds. The van der Waals surface area contributed by atoms with Crippen LogP contribution in [-0.2, 0) is 13.1 Å². The number of rotatable bonds is 1. The van der Waals surface area contributed by atoms with Gasteiger partial charge in [0.2, 0.25) is 0 Å². The van der Waals surface area contributed by atoms with Crippen LogP contribution in [0.5, 0.6) is 0 Å². The van der Waals surface area contributed by atoms with Crippen molar-refractivity contribution in [3.05, 3.63) is 40.3 Å². The lowest BCUT2D eigenvalue weighted by molar-refractivity contribution is 0.194. The molecule has 2 aromatic rings. The number of carbonyl (C=O) groups is 1. The van der Waals surface area contributed by atoms with Gasteiger partial charge in [-0.2, -0.15) is 10.4 Å². The van der Waals surface area contributed by atoms with Crippen LogP contribution in [0.25, 0.3) is 0 Å². The van der Waals surface area contributed by atoms with Gasteiger partial charge in [-0.3, -0.25) is 10.00 Å². The summed E-state index contributed by atoms with van der Waals surface area (Å²) in [6, 6.07) is 5.00. The largest absolute Gasteiger partial charge is 0.323 e. The number of halogens is 1. The maximum atomic E-state index is 12.2. The van der Waals surface area contributed by atoms with Gasteiger partial charge in [0.25, 0.3) is 0 Å². The SMILES string of the molecule is N#Cc1ccc(NC(=O)N2CCn3ncc(Br)c3C2)nc1. The molecule has 7 nitrogen and oxygen atoms in total. The number of hydrogen-bond donors (Lipinski definition) is 1. The Labute approximate surface area is 129 Å². The topological polar surface area (TPSA) is 86.8 Å². The van der Waals surface area contributed by atoms with Gasteiger partial charge in [0, 0.05) is 12.7 Å². The second-order valence-electron chi connectivity index (χ2n) is 4.56. The van der Waals surface area contributed by atoms with Crippen LogP contribution in [0.4, 0.5) is 10.6 Å². The van der Waals surface area contributed by atoms with E-state index in [0.717, 1.165) is 10.2 Å². The Hall–Kier alpha value is -2.40. The first-order chi connectivity index (χ1) is 10.2. The zero-order chi connectivity index (χ0) is 14.8. The van der Waals surface area contributed by atoms with Gasteiger partial charge in [-0.15, -0.1) is 0 Å². The zero-order valence-corrected chi connectivity index (χ0v) is 12.5. The van der Waals surface area contributed by atoms with Crippen molar-refractivity contribution in [3.63, 3.8) is 0 Å². The fourth-order valence-corrected chi connectivity index (χ4v) is 2.53. The Morgan fingerprint density at radius 2 is 2.24 bits per heavy atom. The number of nitriles is 1. The van der Waals surface area contributed by atoms with Crippen LogP contribution in [-0.4, -0.2) is 32.2 Å². The Morgan fingerprint density at radius 3 is 2.95 bits per heavy atom. The average Bonchev–Trinajstić information content (AvgIpc) is 2.89. The van der Waals surface area contributed by atoms with E-state index in [0.29, 0.717) is 31.0 Å².